The van der Waals surface area contributed by atoms with E-state index >= 15 is 0 Å². The number of carbonyl (C=O) groups is 1. The van der Waals surface area contributed by atoms with Crippen molar-refractivity contribution in [2.75, 3.05) is 26.3 Å². The number of hydrogen-bond donors (Lipinski definition) is 1. The van der Waals surface area contributed by atoms with Gasteiger partial charge in [0.25, 0.3) is 0 Å². The number of nitrogens with zero attached hydrogens (tertiary/aromatic N) is 1. The summed E-state index contributed by atoms with van der Waals surface area (Å²) in [4.78, 5) is 14.3. The molecule has 1 amide bonds. The normalized spacial score (nSPS) is 26.5. The number of nitrogens with two attached hydrogens (primary N) is 1. The van der Waals surface area contributed by atoms with Crippen molar-refractivity contribution in [3.8, 4) is 0 Å². The molecule has 116 valence electrons. The Labute approximate surface area is 121 Å². The minimum absolute atomic E-state index is 0.0937. The van der Waals surface area contributed by atoms with E-state index in [2.05, 4.69) is 6.92 Å². The van der Waals surface area contributed by atoms with Crippen LogP contribution in [0.25, 0.3) is 0 Å². The second kappa shape index (κ2) is 6.41. The highest BCUT2D eigenvalue weighted by molar-refractivity contribution is 5.82. The molecule has 0 saturated carbocycles. The van der Waals surface area contributed by atoms with E-state index < -0.39 is 5.79 Å². The lowest BCUT2D eigenvalue weighted by atomic mass is 9.88. The SMILES string of the molecule is CCC(C)C(N)C(=O)N1CCC(C2(C)OCCO2)CC1. The quantitative estimate of drug-likeness (QED) is 0.846. The van der Waals surface area contributed by atoms with E-state index in [9.17, 15) is 4.79 Å². The first-order valence-corrected chi connectivity index (χ1v) is 7.80. The maximum atomic E-state index is 12.3. The van der Waals surface area contributed by atoms with E-state index in [1.165, 1.54) is 0 Å². The Hall–Kier alpha value is -0.650. The fraction of sp³-hybridized carbons (Fsp3) is 0.933. The molecular weight excluding hydrogens is 256 g/mol. The van der Waals surface area contributed by atoms with Gasteiger partial charge in [-0.05, 0) is 25.7 Å². The predicted octanol–water partition coefficient (Wildman–Crippen LogP) is 1.36. The Balaban J connectivity index is 1.86. The number of hydrogen-bond acceptors (Lipinski definition) is 4. The molecule has 5 heteroatoms. The van der Waals surface area contributed by atoms with E-state index in [0.717, 1.165) is 32.4 Å². The van der Waals surface area contributed by atoms with Crippen LogP contribution in [0.4, 0.5) is 0 Å². The molecular formula is C15H28N2O3. The summed E-state index contributed by atoms with van der Waals surface area (Å²) >= 11 is 0. The smallest absolute Gasteiger partial charge is 0.239 e. The van der Waals surface area contributed by atoms with Gasteiger partial charge in [0, 0.05) is 19.0 Å². The van der Waals surface area contributed by atoms with Gasteiger partial charge in [-0.3, -0.25) is 4.79 Å². The Morgan fingerprint density at radius 3 is 2.40 bits per heavy atom. The summed E-state index contributed by atoms with van der Waals surface area (Å²) in [6, 6.07) is -0.369. The average molecular weight is 284 g/mol. The van der Waals surface area contributed by atoms with Gasteiger partial charge in [0.2, 0.25) is 5.91 Å². The molecule has 0 aromatic rings. The third kappa shape index (κ3) is 3.15. The molecule has 2 N–H and O–H groups in total. The minimum atomic E-state index is -0.450. The van der Waals surface area contributed by atoms with Crippen LogP contribution in [0.1, 0.15) is 40.0 Å². The van der Waals surface area contributed by atoms with E-state index in [4.69, 9.17) is 15.2 Å². The van der Waals surface area contributed by atoms with Crippen molar-refractivity contribution in [2.45, 2.75) is 51.9 Å². The molecule has 2 atom stereocenters. The molecule has 0 bridgehead atoms. The molecule has 0 spiro atoms. The third-order valence-electron chi connectivity index (χ3n) is 4.95. The van der Waals surface area contributed by atoms with Crippen molar-refractivity contribution in [1.82, 2.24) is 4.90 Å². The lowest BCUT2D eigenvalue weighted by Gasteiger charge is -2.40. The molecule has 5 nitrogen and oxygen atoms in total. The first-order chi connectivity index (χ1) is 9.48. The van der Waals surface area contributed by atoms with Gasteiger partial charge in [0.05, 0.1) is 19.3 Å². The lowest BCUT2D eigenvalue weighted by molar-refractivity contribution is -0.191. The number of rotatable bonds is 4. The van der Waals surface area contributed by atoms with Crippen LogP contribution in [0.3, 0.4) is 0 Å². The fourth-order valence-corrected chi connectivity index (χ4v) is 3.10. The zero-order chi connectivity index (χ0) is 14.8. The van der Waals surface area contributed by atoms with E-state index in [0.29, 0.717) is 19.1 Å². The summed E-state index contributed by atoms with van der Waals surface area (Å²) in [5.41, 5.74) is 6.04. The zero-order valence-electron chi connectivity index (χ0n) is 12.9. The topological polar surface area (TPSA) is 64.8 Å². The van der Waals surface area contributed by atoms with Crippen LogP contribution in [-0.2, 0) is 14.3 Å². The highest BCUT2D eigenvalue weighted by atomic mass is 16.7. The molecule has 2 aliphatic heterocycles. The largest absolute Gasteiger partial charge is 0.348 e. The molecule has 0 aromatic carbocycles. The lowest BCUT2D eigenvalue weighted by Crippen LogP contribution is -2.52. The van der Waals surface area contributed by atoms with Crippen molar-refractivity contribution in [3.63, 3.8) is 0 Å². The first-order valence-electron chi connectivity index (χ1n) is 7.80. The molecule has 2 unspecified atom stereocenters. The van der Waals surface area contributed by atoms with Crippen LogP contribution in [0.2, 0.25) is 0 Å². The Morgan fingerprint density at radius 2 is 1.90 bits per heavy atom. The number of ether oxygens (including phenoxy) is 2. The molecule has 2 rings (SSSR count). The predicted molar refractivity (Wildman–Crippen MR) is 77.0 cm³/mol. The molecule has 0 aromatic heterocycles. The van der Waals surface area contributed by atoms with Crippen molar-refractivity contribution >= 4 is 5.91 Å². The van der Waals surface area contributed by atoms with Gasteiger partial charge in [-0.15, -0.1) is 0 Å². The van der Waals surface area contributed by atoms with Crippen LogP contribution in [0.15, 0.2) is 0 Å². The van der Waals surface area contributed by atoms with Crippen molar-refractivity contribution in [3.05, 3.63) is 0 Å². The maximum Gasteiger partial charge on any atom is 0.239 e. The van der Waals surface area contributed by atoms with Gasteiger partial charge in [-0.2, -0.15) is 0 Å². The van der Waals surface area contributed by atoms with Crippen LogP contribution in [0, 0.1) is 11.8 Å². The van der Waals surface area contributed by atoms with Gasteiger partial charge in [-0.1, -0.05) is 20.3 Å². The van der Waals surface area contributed by atoms with Crippen LogP contribution >= 0.6 is 0 Å². The van der Waals surface area contributed by atoms with Gasteiger partial charge >= 0.3 is 0 Å². The van der Waals surface area contributed by atoms with E-state index in [1.807, 2.05) is 18.7 Å². The Kier molecular flexibility index (Phi) is 5.04. The molecule has 2 fully saturated rings. The summed E-state index contributed by atoms with van der Waals surface area (Å²) < 4.78 is 11.5. The van der Waals surface area contributed by atoms with Gasteiger partial charge in [0.1, 0.15) is 0 Å². The molecule has 2 heterocycles. The number of piperidine rings is 1. The molecule has 2 aliphatic rings. The maximum absolute atomic E-state index is 12.3. The van der Waals surface area contributed by atoms with Crippen molar-refractivity contribution < 1.29 is 14.3 Å². The zero-order valence-corrected chi connectivity index (χ0v) is 12.9. The van der Waals surface area contributed by atoms with Gasteiger partial charge < -0.3 is 20.1 Å². The number of carbonyl (C=O) groups excluding carboxylic acids is 1. The molecule has 0 aliphatic carbocycles. The van der Waals surface area contributed by atoms with Crippen molar-refractivity contribution in [2.24, 2.45) is 17.6 Å². The summed E-state index contributed by atoms with van der Waals surface area (Å²) in [6.07, 6.45) is 2.79. The highest BCUT2D eigenvalue weighted by Gasteiger charge is 2.42. The summed E-state index contributed by atoms with van der Waals surface area (Å²) in [5, 5.41) is 0. The molecule has 2 saturated heterocycles. The Bertz CT molecular complexity index is 334. The van der Waals surface area contributed by atoms with Crippen LogP contribution in [0.5, 0.6) is 0 Å². The van der Waals surface area contributed by atoms with Gasteiger partial charge in [0.15, 0.2) is 5.79 Å². The standard InChI is InChI=1S/C15H28N2O3/c1-4-11(2)13(16)14(18)17-7-5-12(6-8-17)15(3)19-9-10-20-15/h11-13H,4-10,16H2,1-3H3. The van der Waals surface area contributed by atoms with Crippen LogP contribution < -0.4 is 5.73 Å². The number of amides is 1. The first kappa shape index (κ1) is 15.7. The average Bonchev–Trinajstić information content (AvgIpc) is 2.93. The summed E-state index contributed by atoms with van der Waals surface area (Å²) in [7, 11) is 0. The number of likely N-dealkylation sites (tertiary alicyclic amines) is 1. The van der Waals surface area contributed by atoms with Crippen LogP contribution in [-0.4, -0.2) is 48.9 Å². The summed E-state index contributed by atoms with van der Waals surface area (Å²) in [5.74, 6) is 0.248. The second-order valence-corrected chi connectivity index (χ2v) is 6.22. The molecule has 20 heavy (non-hydrogen) atoms. The van der Waals surface area contributed by atoms with Crippen molar-refractivity contribution in [1.29, 1.82) is 0 Å². The fourth-order valence-electron chi connectivity index (χ4n) is 3.10. The summed E-state index contributed by atoms with van der Waals surface area (Å²) in [6.45, 7) is 9.00. The van der Waals surface area contributed by atoms with Gasteiger partial charge in [-0.25, -0.2) is 0 Å². The Morgan fingerprint density at radius 1 is 1.35 bits per heavy atom. The third-order valence-corrected chi connectivity index (χ3v) is 4.95. The van der Waals surface area contributed by atoms with E-state index in [-0.39, 0.29) is 17.9 Å². The second-order valence-electron chi connectivity index (χ2n) is 6.22. The highest BCUT2D eigenvalue weighted by Crippen LogP contribution is 2.35. The minimum Gasteiger partial charge on any atom is -0.348 e. The molecule has 0 radical (unpaired) electrons. The monoisotopic (exact) mass is 284 g/mol. The van der Waals surface area contributed by atoms with E-state index in [1.54, 1.807) is 0 Å².